The van der Waals surface area contributed by atoms with Crippen molar-refractivity contribution in [2.45, 2.75) is 104 Å². The molecule has 0 bridgehead atoms. The first-order valence-electron chi connectivity index (χ1n) is 18.4. The molecular formula is C47H62HfN2. The zero-order valence-corrected chi connectivity index (χ0v) is 35.3. The molecule has 4 aromatic carbocycles. The number of nitrogens with zero attached hydrogens (tertiary/aromatic N) is 2. The molecular weight excluding hydrogens is 771 g/mol. The van der Waals surface area contributed by atoms with Crippen LogP contribution >= 0.6 is 0 Å². The Hall–Kier alpha value is -3.43. The van der Waals surface area contributed by atoms with Crippen LogP contribution in [-0.2, 0) is 25.8 Å². The van der Waals surface area contributed by atoms with Gasteiger partial charge in [-0.05, 0) is 42.2 Å². The van der Waals surface area contributed by atoms with Gasteiger partial charge in [-0.3, -0.25) is 4.99 Å². The summed E-state index contributed by atoms with van der Waals surface area (Å²) in [6, 6.07) is 36.3. The van der Waals surface area contributed by atoms with Crippen molar-refractivity contribution in [1.29, 1.82) is 0 Å². The molecule has 0 amide bonds. The minimum absolute atomic E-state index is 0. The maximum atomic E-state index is 5.24. The van der Waals surface area contributed by atoms with E-state index in [1.165, 1.54) is 67.5 Å². The number of unbranched alkanes of at least 4 members (excludes halogenated alkanes) is 5. The summed E-state index contributed by atoms with van der Waals surface area (Å²) in [6.07, 6.45) is 13.6. The van der Waals surface area contributed by atoms with Crippen LogP contribution in [0.2, 0.25) is 0 Å². The second-order valence-corrected chi connectivity index (χ2v) is 13.2. The number of benzene rings is 4. The molecule has 0 spiro atoms. The quantitative estimate of drug-likeness (QED) is 0.0818. The number of para-hydroxylation sites is 1. The summed E-state index contributed by atoms with van der Waals surface area (Å²) >= 11 is 0. The number of hydrogen-bond donors (Lipinski definition) is 0. The molecule has 1 aliphatic rings. The molecule has 0 saturated carbocycles. The van der Waals surface area contributed by atoms with Gasteiger partial charge in [0, 0.05) is 5.71 Å². The molecule has 264 valence electrons. The Morgan fingerprint density at radius 3 is 1.44 bits per heavy atom. The smallest absolute Gasteiger partial charge is 0.683 e. The maximum Gasteiger partial charge on any atom is 4.00 e. The first-order valence-corrected chi connectivity index (χ1v) is 18.4. The van der Waals surface area contributed by atoms with E-state index in [-0.39, 0.29) is 25.8 Å². The molecule has 3 heteroatoms. The summed E-state index contributed by atoms with van der Waals surface area (Å²) in [4.78, 5) is 5.24. The van der Waals surface area contributed by atoms with Gasteiger partial charge in [0.1, 0.15) is 0 Å². The van der Waals surface area contributed by atoms with Crippen LogP contribution in [0.1, 0.15) is 132 Å². The van der Waals surface area contributed by atoms with E-state index in [0.29, 0.717) is 11.8 Å². The van der Waals surface area contributed by atoms with Crippen LogP contribution < -0.4 is 0 Å². The predicted octanol–water partition coefficient (Wildman–Crippen LogP) is 14.4. The minimum Gasteiger partial charge on any atom is -0.683 e. The number of allylic oxidation sites excluding steroid dienone is 2. The Bertz CT molecular complexity index is 1340. The summed E-state index contributed by atoms with van der Waals surface area (Å²) in [5.74, 6) is 0.961. The van der Waals surface area contributed by atoms with Crippen LogP contribution in [0.3, 0.4) is 0 Å². The van der Waals surface area contributed by atoms with E-state index in [1.807, 2.05) is 91.0 Å². The van der Waals surface area contributed by atoms with E-state index in [4.69, 9.17) is 10.3 Å². The number of hydrogen-bond acceptors (Lipinski definition) is 1. The van der Waals surface area contributed by atoms with Crippen LogP contribution in [0.5, 0.6) is 0 Å². The topological polar surface area (TPSA) is 26.5 Å². The summed E-state index contributed by atoms with van der Waals surface area (Å²) in [5, 5.41) is 4.96. The molecule has 0 aliphatic heterocycles. The van der Waals surface area contributed by atoms with Gasteiger partial charge >= 0.3 is 25.8 Å². The van der Waals surface area contributed by atoms with Crippen molar-refractivity contribution in [3.05, 3.63) is 175 Å². The van der Waals surface area contributed by atoms with Crippen molar-refractivity contribution in [1.82, 2.24) is 0 Å². The van der Waals surface area contributed by atoms with Gasteiger partial charge in [0.2, 0.25) is 0 Å². The van der Waals surface area contributed by atoms with Crippen LogP contribution in [-0.4, -0.2) is 12.3 Å². The summed E-state index contributed by atoms with van der Waals surface area (Å²) in [5.41, 5.74) is 9.50. The Morgan fingerprint density at radius 1 is 0.600 bits per heavy atom. The van der Waals surface area contributed by atoms with Gasteiger partial charge < -0.3 is 5.32 Å². The predicted molar refractivity (Wildman–Crippen MR) is 218 cm³/mol. The summed E-state index contributed by atoms with van der Waals surface area (Å²) in [7, 11) is 0. The average molecular weight is 834 g/mol. The molecule has 0 N–H and O–H groups in total. The molecule has 0 aromatic heterocycles. The maximum absolute atomic E-state index is 5.24. The van der Waals surface area contributed by atoms with Gasteiger partial charge in [-0.15, -0.1) is 48.6 Å². The molecule has 0 saturated heterocycles. The van der Waals surface area contributed by atoms with Crippen LogP contribution in [0.25, 0.3) is 5.32 Å². The zero-order valence-electron chi connectivity index (χ0n) is 31.7. The largest absolute Gasteiger partial charge is 4.00 e. The van der Waals surface area contributed by atoms with Crippen molar-refractivity contribution < 1.29 is 25.8 Å². The first-order chi connectivity index (χ1) is 23.7. The van der Waals surface area contributed by atoms with Crippen molar-refractivity contribution >= 4 is 11.4 Å². The third-order valence-corrected chi connectivity index (χ3v) is 8.16. The number of rotatable bonds is 11. The van der Waals surface area contributed by atoms with E-state index in [0.717, 1.165) is 41.8 Å². The normalized spacial score (nSPS) is 12.6. The molecule has 0 fully saturated rings. The van der Waals surface area contributed by atoms with Crippen molar-refractivity contribution in [3.63, 3.8) is 0 Å². The SMILES string of the molecule is CCCCCCCC[N-]C1=CCCCC1=Nc1c(C(C)C)cccc1C(C)C.[CH2-]c1ccccc1.[CH2-]c1ccccc1.[CH2-]c1ccccc1.[Hf+4]. The molecule has 1 aliphatic carbocycles. The second-order valence-electron chi connectivity index (χ2n) is 13.2. The fourth-order valence-corrected chi connectivity index (χ4v) is 5.32. The Balaban J connectivity index is 0.000000452. The molecule has 0 atom stereocenters. The van der Waals surface area contributed by atoms with Crippen LogP contribution in [0.15, 0.2) is 126 Å². The van der Waals surface area contributed by atoms with E-state index in [9.17, 15) is 0 Å². The van der Waals surface area contributed by atoms with E-state index in [2.05, 4.69) is 79.7 Å². The fourth-order valence-electron chi connectivity index (χ4n) is 5.32. The van der Waals surface area contributed by atoms with Gasteiger partial charge in [-0.2, -0.15) is 73.9 Å². The third-order valence-electron chi connectivity index (χ3n) is 8.16. The third kappa shape index (κ3) is 19.1. The molecule has 0 radical (unpaired) electrons. The Kier molecular flexibility index (Phi) is 24.4. The fraction of sp³-hybridized carbons (Fsp3) is 0.362. The average Bonchev–Trinajstić information content (AvgIpc) is 3.10. The van der Waals surface area contributed by atoms with Gasteiger partial charge in [-0.25, -0.2) is 0 Å². The summed E-state index contributed by atoms with van der Waals surface area (Å²) < 4.78 is 0. The van der Waals surface area contributed by atoms with Gasteiger partial charge in [-0.1, -0.05) is 116 Å². The molecule has 0 heterocycles. The van der Waals surface area contributed by atoms with Crippen molar-refractivity contribution in [2.24, 2.45) is 4.99 Å². The second kappa shape index (κ2) is 27.3. The molecule has 4 aromatic rings. The van der Waals surface area contributed by atoms with Gasteiger partial charge in [0.25, 0.3) is 0 Å². The molecule has 0 unspecified atom stereocenters. The minimum atomic E-state index is 0. The van der Waals surface area contributed by atoms with Crippen LogP contribution in [0.4, 0.5) is 5.69 Å². The Morgan fingerprint density at radius 2 is 1.04 bits per heavy atom. The van der Waals surface area contributed by atoms with Gasteiger partial charge in [0.15, 0.2) is 0 Å². The molecule has 2 nitrogen and oxygen atoms in total. The van der Waals surface area contributed by atoms with E-state index >= 15 is 0 Å². The van der Waals surface area contributed by atoms with E-state index in [1.54, 1.807) is 0 Å². The summed E-state index contributed by atoms with van der Waals surface area (Å²) in [6.45, 7) is 23.4. The first kappa shape index (κ1) is 44.6. The zero-order chi connectivity index (χ0) is 35.7. The van der Waals surface area contributed by atoms with E-state index < -0.39 is 0 Å². The molecule has 50 heavy (non-hydrogen) atoms. The standard InChI is InChI=1S/C26H41N2.3C7H7.Hf/c1-6-7-8-9-10-13-19-27-24-17-11-12-18-25(24)28-26-22(20(2)3)15-14-16-23(26)21(4)5;3*1-7-5-3-2-4-6-7;/h14-17,20-21H,6-13,18-19H2,1-5H3;3*2-6H,1H2;/q4*-1;+4. The van der Waals surface area contributed by atoms with Crippen LogP contribution in [0, 0.1) is 20.8 Å². The Labute approximate surface area is 326 Å². The van der Waals surface area contributed by atoms with Crippen molar-refractivity contribution in [2.75, 3.05) is 6.54 Å². The van der Waals surface area contributed by atoms with Gasteiger partial charge in [0.05, 0.1) is 5.69 Å². The number of aliphatic imine (C=N–C) groups is 1. The van der Waals surface area contributed by atoms with Crippen molar-refractivity contribution in [3.8, 4) is 0 Å². The molecule has 5 rings (SSSR count). The monoisotopic (exact) mass is 834 g/mol.